The van der Waals surface area contributed by atoms with Crippen molar-refractivity contribution in [2.75, 3.05) is 19.3 Å². The first-order chi connectivity index (χ1) is 16.4. The lowest BCUT2D eigenvalue weighted by atomic mass is 9.94. The van der Waals surface area contributed by atoms with Crippen LogP contribution in [0.3, 0.4) is 0 Å². The molecule has 0 saturated carbocycles. The van der Waals surface area contributed by atoms with Crippen molar-refractivity contribution in [1.82, 2.24) is 4.90 Å². The number of benzene rings is 3. The van der Waals surface area contributed by atoms with Gasteiger partial charge in [-0.3, -0.25) is 4.79 Å². The van der Waals surface area contributed by atoms with Crippen molar-refractivity contribution in [1.29, 1.82) is 0 Å². The van der Waals surface area contributed by atoms with Crippen molar-refractivity contribution in [3.8, 4) is 16.9 Å². The van der Waals surface area contributed by atoms with E-state index in [-0.39, 0.29) is 18.1 Å². The van der Waals surface area contributed by atoms with Gasteiger partial charge in [0.15, 0.2) is 9.84 Å². The molecule has 0 aromatic heterocycles. The van der Waals surface area contributed by atoms with Crippen molar-refractivity contribution in [3.63, 3.8) is 0 Å². The molecule has 7 heteroatoms. The van der Waals surface area contributed by atoms with Crippen molar-refractivity contribution >= 4 is 15.7 Å². The first kappa shape index (κ1) is 22.6. The first-order valence-electron chi connectivity index (χ1n) is 11.4. The van der Waals surface area contributed by atoms with Gasteiger partial charge in [0, 0.05) is 36.4 Å². The van der Waals surface area contributed by atoms with Crippen LogP contribution in [0.4, 0.5) is 0 Å². The standard InChI is InChI=1S/C27H27NO5S/c1-34(30,31)24-10-7-19(8-11-24)22-9-12-25-23(17-22)18-32-27(33-25)21-13-15-28(16-14-21)26(29)20-5-3-2-4-6-20/h2-12,17,21,27H,13-16,18H2,1H3. The molecule has 0 spiro atoms. The zero-order valence-corrected chi connectivity index (χ0v) is 19.8. The van der Waals surface area contributed by atoms with Gasteiger partial charge in [0.2, 0.25) is 6.29 Å². The second-order valence-electron chi connectivity index (χ2n) is 8.91. The molecule has 34 heavy (non-hydrogen) atoms. The average Bonchev–Trinajstić information content (AvgIpc) is 2.88. The summed E-state index contributed by atoms with van der Waals surface area (Å²) in [5.41, 5.74) is 3.62. The van der Waals surface area contributed by atoms with E-state index >= 15 is 0 Å². The lowest BCUT2D eigenvalue weighted by Crippen LogP contribution is -2.44. The van der Waals surface area contributed by atoms with Gasteiger partial charge in [-0.1, -0.05) is 36.4 Å². The SMILES string of the molecule is CS(=O)(=O)c1ccc(-c2ccc3c(c2)COC(C2CCN(C(=O)c4ccccc4)CC2)O3)cc1. The Bertz CT molecular complexity index is 1280. The van der Waals surface area contributed by atoms with E-state index in [0.29, 0.717) is 24.6 Å². The second-order valence-corrected chi connectivity index (χ2v) is 10.9. The van der Waals surface area contributed by atoms with E-state index in [1.165, 1.54) is 6.26 Å². The van der Waals surface area contributed by atoms with Crippen molar-refractivity contribution in [2.45, 2.75) is 30.6 Å². The fourth-order valence-electron chi connectivity index (χ4n) is 4.58. The predicted octanol–water partition coefficient (Wildman–Crippen LogP) is 4.54. The first-order valence-corrected chi connectivity index (χ1v) is 13.3. The molecular formula is C27H27NO5S. The maximum atomic E-state index is 12.7. The Morgan fingerprint density at radius 1 is 0.912 bits per heavy atom. The minimum Gasteiger partial charge on any atom is -0.464 e. The van der Waals surface area contributed by atoms with Crippen LogP contribution in [-0.4, -0.2) is 44.9 Å². The average molecular weight is 478 g/mol. The predicted molar refractivity (Wildman–Crippen MR) is 129 cm³/mol. The minimum absolute atomic E-state index is 0.0759. The van der Waals surface area contributed by atoms with E-state index in [4.69, 9.17) is 9.47 Å². The molecule has 176 valence electrons. The minimum atomic E-state index is -3.22. The number of piperidine rings is 1. The number of hydrogen-bond donors (Lipinski definition) is 0. The molecule has 1 atom stereocenters. The summed E-state index contributed by atoms with van der Waals surface area (Å²) in [4.78, 5) is 14.9. The van der Waals surface area contributed by atoms with Crippen LogP contribution in [0.1, 0.15) is 28.8 Å². The van der Waals surface area contributed by atoms with E-state index in [0.717, 1.165) is 40.8 Å². The third-order valence-electron chi connectivity index (χ3n) is 6.55. The highest BCUT2D eigenvalue weighted by Gasteiger charge is 2.33. The Morgan fingerprint density at radius 2 is 1.59 bits per heavy atom. The topological polar surface area (TPSA) is 72.9 Å². The number of amides is 1. The summed E-state index contributed by atoms with van der Waals surface area (Å²) < 4.78 is 35.7. The van der Waals surface area contributed by atoms with Gasteiger partial charge < -0.3 is 14.4 Å². The van der Waals surface area contributed by atoms with Gasteiger partial charge in [-0.2, -0.15) is 0 Å². The number of nitrogens with zero attached hydrogens (tertiary/aromatic N) is 1. The fraction of sp³-hybridized carbons (Fsp3) is 0.296. The number of hydrogen-bond acceptors (Lipinski definition) is 5. The third kappa shape index (κ3) is 4.72. The second kappa shape index (κ2) is 9.24. The summed E-state index contributed by atoms with van der Waals surface area (Å²) >= 11 is 0. The number of ether oxygens (including phenoxy) is 2. The molecule has 0 aliphatic carbocycles. The quantitative estimate of drug-likeness (QED) is 0.552. The van der Waals surface area contributed by atoms with Crippen molar-refractivity contribution < 1.29 is 22.7 Å². The summed E-state index contributed by atoms with van der Waals surface area (Å²) in [5.74, 6) is 1.12. The summed E-state index contributed by atoms with van der Waals surface area (Å²) in [6.07, 6.45) is 2.56. The molecule has 2 aliphatic rings. The van der Waals surface area contributed by atoms with Gasteiger partial charge in [-0.25, -0.2) is 8.42 Å². The van der Waals surface area contributed by atoms with Crippen LogP contribution < -0.4 is 4.74 Å². The Labute approximate surface area is 200 Å². The van der Waals surface area contributed by atoms with Gasteiger partial charge in [0.25, 0.3) is 5.91 Å². The molecule has 5 rings (SSSR count). The number of likely N-dealkylation sites (tertiary alicyclic amines) is 1. The van der Waals surface area contributed by atoms with E-state index < -0.39 is 9.84 Å². The number of sulfone groups is 1. The van der Waals surface area contributed by atoms with Gasteiger partial charge in [0.05, 0.1) is 11.5 Å². The van der Waals surface area contributed by atoms with Crippen LogP contribution in [0.15, 0.2) is 77.7 Å². The molecule has 1 saturated heterocycles. The van der Waals surface area contributed by atoms with Gasteiger partial charge in [0.1, 0.15) is 5.75 Å². The highest BCUT2D eigenvalue weighted by molar-refractivity contribution is 7.90. The number of rotatable bonds is 4. The van der Waals surface area contributed by atoms with Crippen LogP contribution in [0.2, 0.25) is 0 Å². The molecule has 1 fully saturated rings. The summed E-state index contributed by atoms with van der Waals surface area (Å²) in [6.45, 7) is 1.84. The molecule has 1 unspecified atom stereocenters. The Kier molecular flexibility index (Phi) is 6.15. The van der Waals surface area contributed by atoms with Crippen molar-refractivity contribution in [3.05, 3.63) is 83.9 Å². The third-order valence-corrected chi connectivity index (χ3v) is 7.68. The van der Waals surface area contributed by atoms with E-state index in [2.05, 4.69) is 0 Å². The van der Waals surface area contributed by atoms with Crippen molar-refractivity contribution in [2.24, 2.45) is 5.92 Å². The lowest BCUT2D eigenvalue weighted by molar-refractivity contribution is -0.148. The van der Waals surface area contributed by atoms with Crippen LogP contribution in [0.25, 0.3) is 11.1 Å². The van der Waals surface area contributed by atoms with Crippen LogP contribution in [-0.2, 0) is 21.2 Å². The largest absolute Gasteiger partial charge is 0.464 e. The smallest absolute Gasteiger partial charge is 0.253 e. The van der Waals surface area contributed by atoms with Gasteiger partial charge in [-0.05, 0) is 60.4 Å². The molecule has 1 amide bonds. The number of carbonyl (C=O) groups excluding carboxylic acids is 1. The molecule has 0 N–H and O–H groups in total. The van der Waals surface area contributed by atoms with E-state index in [1.54, 1.807) is 12.1 Å². The molecule has 2 heterocycles. The van der Waals surface area contributed by atoms with Crippen LogP contribution in [0, 0.1) is 5.92 Å². The Morgan fingerprint density at radius 3 is 2.26 bits per heavy atom. The molecule has 0 bridgehead atoms. The molecule has 0 radical (unpaired) electrons. The zero-order chi connectivity index (χ0) is 23.7. The molecular weight excluding hydrogens is 450 g/mol. The maximum absolute atomic E-state index is 12.7. The van der Waals surface area contributed by atoms with E-state index in [9.17, 15) is 13.2 Å². The fourth-order valence-corrected chi connectivity index (χ4v) is 5.21. The molecule has 3 aromatic carbocycles. The summed E-state index contributed by atoms with van der Waals surface area (Å²) in [5, 5.41) is 0. The van der Waals surface area contributed by atoms with Gasteiger partial charge >= 0.3 is 0 Å². The summed E-state index contributed by atoms with van der Waals surface area (Å²) in [7, 11) is -3.22. The molecule has 6 nitrogen and oxygen atoms in total. The maximum Gasteiger partial charge on any atom is 0.253 e. The normalized spacial score (nSPS) is 18.7. The van der Waals surface area contributed by atoms with Crippen LogP contribution >= 0.6 is 0 Å². The molecule has 2 aliphatic heterocycles. The van der Waals surface area contributed by atoms with Crippen LogP contribution in [0.5, 0.6) is 5.75 Å². The number of carbonyl (C=O) groups is 1. The Hall–Kier alpha value is -3.16. The monoisotopic (exact) mass is 477 g/mol. The van der Waals surface area contributed by atoms with Gasteiger partial charge in [-0.15, -0.1) is 0 Å². The Balaban J connectivity index is 1.22. The summed E-state index contributed by atoms with van der Waals surface area (Å²) in [6, 6.07) is 22.2. The lowest BCUT2D eigenvalue weighted by Gasteiger charge is -2.37. The zero-order valence-electron chi connectivity index (χ0n) is 19.0. The highest BCUT2D eigenvalue weighted by atomic mass is 32.2. The molecule has 3 aromatic rings. The number of fused-ring (bicyclic) bond motifs is 1. The highest BCUT2D eigenvalue weighted by Crippen LogP contribution is 2.35. The van der Waals surface area contributed by atoms with E-state index in [1.807, 2.05) is 65.6 Å².